The Morgan fingerprint density at radius 2 is 2.32 bits per heavy atom. The zero-order valence-electron chi connectivity index (χ0n) is 10.5. The zero-order chi connectivity index (χ0) is 13.6. The van der Waals surface area contributed by atoms with Gasteiger partial charge in [0.2, 0.25) is 0 Å². The van der Waals surface area contributed by atoms with Gasteiger partial charge in [0, 0.05) is 17.1 Å². The molecule has 0 bridgehead atoms. The van der Waals surface area contributed by atoms with E-state index in [1.165, 1.54) is 25.5 Å². The Balaban J connectivity index is 2.16. The van der Waals surface area contributed by atoms with Gasteiger partial charge in [-0.05, 0) is 29.9 Å². The number of esters is 1. The molecule has 0 amide bonds. The molecule has 1 aliphatic heterocycles. The topological polar surface area (TPSA) is 48.3 Å². The minimum atomic E-state index is -0.473. The van der Waals surface area contributed by atoms with Crippen LogP contribution in [0.3, 0.4) is 0 Å². The maximum absolute atomic E-state index is 12.2. The largest absolute Gasteiger partial charge is 0.467 e. The second-order valence-corrected chi connectivity index (χ2v) is 6.42. The standard InChI is InChI=1S/C13H14BrNO3S/c1-18-13(17)9-6-19-12-11(7-2-3-7)8(5-14)4-10(16)15(9)12/h4,7,9H,2-3,5-6H2,1H3/t9-/m0/s1. The lowest BCUT2D eigenvalue weighted by Crippen LogP contribution is -2.30. The molecule has 1 aliphatic carbocycles. The van der Waals surface area contributed by atoms with Crippen molar-refractivity contribution in [2.24, 2.45) is 0 Å². The molecule has 1 fully saturated rings. The van der Waals surface area contributed by atoms with E-state index < -0.39 is 6.04 Å². The van der Waals surface area contributed by atoms with Gasteiger partial charge in [0.15, 0.2) is 0 Å². The number of aromatic nitrogens is 1. The van der Waals surface area contributed by atoms with Gasteiger partial charge in [-0.15, -0.1) is 11.8 Å². The maximum atomic E-state index is 12.2. The Kier molecular flexibility index (Phi) is 3.47. The van der Waals surface area contributed by atoms with Gasteiger partial charge in [0.25, 0.3) is 5.56 Å². The zero-order valence-corrected chi connectivity index (χ0v) is 12.9. The van der Waals surface area contributed by atoms with E-state index in [1.807, 2.05) is 0 Å². The number of methoxy groups -OCH3 is 1. The molecule has 0 N–H and O–H groups in total. The third-order valence-corrected chi connectivity index (χ3v) is 5.40. The summed E-state index contributed by atoms with van der Waals surface area (Å²) in [5, 5.41) is 1.66. The Morgan fingerprint density at radius 3 is 2.89 bits per heavy atom. The van der Waals surface area contributed by atoms with Gasteiger partial charge < -0.3 is 4.74 Å². The molecule has 0 radical (unpaired) electrons. The lowest BCUT2D eigenvalue weighted by atomic mass is 10.1. The highest BCUT2D eigenvalue weighted by Gasteiger charge is 2.37. The van der Waals surface area contributed by atoms with Crippen LogP contribution < -0.4 is 5.56 Å². The summed E-state index contributed by atoms with van der Waals surface area (Å²) < 4.78 is 6.42. The Hall–Kier alpha value is -0.750. The quantitative estimate of drug-likeness (QED) is 0.624. The third kappa shape index (κ3) is 2.14. The number of carbonyl (C=O) groups excluding carboxylic acids is 1. The third-order valence-electron chi connectivity index (χ3n) is 3.62. The van der Waals surface area contributed by atoms with Crippen LogP contribution in [0.25, 0.3) is 0 Å². The molecule has 1 saturated carbocycles. The molecular formula is C13H14BrNO3S. The molecule has 1 atom stereocenters. The van der Waals surface area contributed by atoms with Crippen molar-refractivity contribution >= 4 is 33.7 Å². The van der Waals surface area contributed by atoms with E-state index in [0.29, 0.717) is 17.0 Å². The number of pyridine rings is 1. The first-order valence-corrected chi connectivity index (χ1v) is 8.33. The Morgan fingerprint density at radius 1 is 1.58 bits per heavy atom. The van der Waals surface area contributed by atoms with Gasteiger partial charge >= 0.3 is 5.97 Å². The molecule has 19 heavy (non-hydrogen) atoms. The summed E-state index contributed by atoms with van der Waals surface area (Å²) in [6, 6.07) is 1.19. The van der Waals surface area contributed by atoms with Gasteiger partial charge in [-0.3, -0.25) is 9.36 Å². The summed E-state index contributed by atoms with van der Waals surface area (Å²) in [6.07, 6.45) is 2.35. The van der Waals surface area contributed by atoms with Crippen molar-refractivity contribution < 1.29 is 9.53 Å². The van der Waals surface area contributed by atoms with Gasteiger partial charge in [-0.25, -0.2) is 4.79 Å². The molecular weight excluding hydrogens is 330 g/mol. The average Bonchev–Trinajstić information content (AvgIpc) is 3.15. The maximum Gasteiger partial charge on any atom is 0.329 e. The van der Waals surface area contributed by atoms with Crippen LogP contribution >= 0.6 is 27.7 Å². The van der Waals surface area contributed by atoms with Crippen LogP contribution in [0.4, 0.5) is 0 Å². The van der Waals surface area contributed by atoms with Crippen LogP contribution in [-0.4, -0.2) is 23.4 Å². The number of fused-ring (bicyclic) bond motifs is 1. The van der Waals surface area contributed by atoms with Crippen molar-refractivity contribution in [3.63, 3.8) is 0 Å². The first-order chi connectivity index (χ1) is 9.17. The van der Waals surface area contributed by atoms with Crippen molar-refractivity contribution in [2.45, 2.75) is 35.2 Å². The monoisotopic (exact) mass is 343 g/mol. The van der Waals surface area contributed by atoms with E-state index in [1.54, 1.807) is 22.4 Å². The molecule has 4 nitrogen and oxygen atoms in total. The highest BCUT2D eigenvalue weighted by Crippen LogP contribution is 2.48. The number of halogens is 1. The van der Waals surface area contributed by atoms with E-state index in [9.17, 15) is 9.59 Å². The number of hydrogen-bond donors (Lipinski definition) is 0. The van der Waals surface area contributed by atoms with Crippen LogP contribution in [0.15, 0.2) is 15.9 Å². The highest BCUT2D eigenvalue weighted by atomic mass is 79.9. The van der Waals surface area contributed by atoms with Crippen molar-refractivity contribution in [2.75, 3.05) is 12.9 Å². The van der Waals surface area contributed by atoms with Gasteiger partial charge in [0.1, 0.15) is 6.04 Å². The average molecular weight is 344 g/mol. The number of hydrogen-bond acceptors (Lipinski definition) is 4. The molecule has 0 aromatic carbocycles. The van der Waals surface area contributed by atoms with Crippen LogP contribution in [0.2, 0.25) is 0 Å². The second-order valence-electron chi connectivity index (χ2n) is 4.85. The van der Waals surface area contributed by atoms with Gasteiger partial charge in [-0.2, -0.15) is 0 Å². The summed E-state index contributed by atoms with van der Waals surface area (Å²) in [7, 11) is 1.37. The molecule has 1 aromatic rings. The normalized spacial score (nSPS) is 21.3. The number of thioether (sulfide) groups is 1. The van der Waals surface area contributed by atoms with Crippen molar-refractivity contribution in [3.8, 4) is 0 Å². The van der Waals surface area contributed by atoms with Crippen molar-refractivity contribution in [3.05, 3.63) is 27.5 Å². The van der Waals surface area contributed by atoms with Crippen LogP contribution in [-0.2, 0) is 14.9 Å². The van der Waals surface area contributed by atoms with Crippen LogP contribution in [0.1, 0.15) is 35.9 Å². The summed E-state index contributed by atoms with van der Waals surface area (Å²) >= 11 is 5.06. The smallest absolute Gasteiger partial charge is 0.329 e. The van der Waals surface area contributed by atoms with Crippen molar-refractivity contribution in [1.82, 2.24) is 4.57 Å². The summed E-state index contributed by atoms with van der Waals surface area (Å²) in [5.74, 6) is 0.813. The minimum absolute atomic E-state index is 0.103. The molecule has 1 aromatic heterocycles. The van der Waals surface area contributed by atoms with E-state index in [-0.39, 0.29) is 11.5 Å². The first kappa shape index (κ1) is 13.2. The summed E-state index contributed by atoms with van der Waals surface area (Å²) in [6.45, 7) is 0. The predicted octanol–water partition coefficient (Wildman–Crippen LogP) is 2.44. The molecule has 0 saturated heterocycles. The minimum Gasteiger partial charge on any atom is -0.467 e. The Labute approximate surface area is 123 Å². The SMILES string of the molecule is COC(=O)[C@@H]1CSc2c(C3CC3)c(CBr)cc(=O)n21. The Bertz CT molecular complexity index is 594. The fourth-order valence-corrected chi connectivity index (χ4v) is 4.44. The van der Waals surface area contributed by atoms with E-state index in [0.717, 1.165) is 10.6 Å². The van der Waals surface area contributed by atoms with E-state index in [2.05, 4.69) is 15.9 Å². The lowest BCUT2D eigenvalue weighted by Gasteiger charge is -2.15. The molecule has 2 heterocycles. The highest BCUT2D eigenvalue weighted by molar-refractivity contribution is 9.08. The molecule has 0 spiro atoms. The number of ether oxygens (including phenoxy) is 1. The fraction of sp³-hybridized carbons (Fsp3) is 0.538. The molecule has 2 aliphatic rings. The number of alkyl halides is 1. The second kappa shape index (κ2) is 4.98. The fourth-order valence-electron chi connectivity index (χ4n) is 2.57. The number of carbonyl (C=O) groups is 1. The van der Waals surface area contributed by atoms with Crippen LogP contribution in [0, 0.1) is 0 Å². The first-order valence-electron chi connectivity index (χ1n) is 6.22. The summed E-state index contributed by atoms with van der Waals surface area (Å²) in [4.78, 5) is 24.0. The number of nitrogens with zero attached hydrogens (tertiary/aromatic N) is 1. The van der Waals surface area contributed by atoms with E-state index in [4.69, 9.17) is 4.74 Å². The van der Waals surface area contributed by atoms with Crippen molar-refractivity contribution in [1.29, 1.82) is 0 Å². The van der Waals surface area contributed by atoms with Crippen LogP contribution in [0.5, 0.6) is 0 Å². The summed E-state index contributed by atoms with van der Waals surface area (Å²) in [5.41, 5.74) is 2.22. The lowest BCUT2D eigenvalue weighted by molar-refractivity contribution is -0.143. The molecule has 6 heteroatoms. The van der Waals surface area contributed by atoms with Gasteiger partial charge in [0.05, 0.1) is 12.1 Å². The van der Waals surface area contributed by atoms with Gasteiger partial charge in [-0.1, -0.05) is 15.9 Å². The molecule has 0 unspecified atom stereocenters. The predicted molar refractivity (Wildman–Crippen MR) is 77.1 cm³/mol. The molecule has 3 rings (SSSR count). The number of rotatable bonds is 3. The van der Waals surface area contributed by atoms with E-state index >= 15 is 0 Å². The molecule has 102 valence electrons.